The first-order valence-electron chi connectivity index (χ1n) is 18.8. The molecule has 0 aliphatic carbocycles. The molecule has 260 valence electrons. The Bertz CT molecular complexity index is 715. The molecule has 5 nitrogen and oxygen atoms in total. The average molecular weight is 651 g/mol. The van der Waals surface area contributed by atoms with Crippen LogP contribution in [-0.2, 0) is 19.7 Å². The maximum Gasteiger partial charge on any atom is 0.150 e. The lowest BCUT2D eigenvalue weighted by Gasteiger charge is -2.15. The zero-order chi connectivity index (χ0) is 31.9. The number of hydrogen-bond donors (Lipinski definition) is 1. The highest BCUT2D eigenvalue weighted by Gasteiger charge is 2.24. The van der Waals surface area contributed by atoms with E-state index in [2.05, 4.69) is 13.8 Å². The first-order valence-corrected chi connectivity index (χ1v) is 22.4. The van der Waals surface area contributed by atoms with Gasteiger partial charge in [0, 0.05) is 12.5 Å². The van der Waals surface area contributed by atoms with Crippen molar-refractivity contribution >= 4 is 19.7 Å². The first-order chi connectivity index (χ1) is 20.8. The van der Waals surface area contributed by atoms with E-state index in [4.69, 9.17) is 0 Å². The zero-order valence-corrected chi connectivity index (χ0v) is 30.4. The second-order valence-corrected chi connectivity index (χ2v) is 17.9. The minimum atomic E-state index is -3.36. The van der Waals surface area contributed by atoms with Crippen LogP contribution in [0.15, 0.2) is 0 Å². The minimum absolute atomic E-state index is 0.0978. The van der Waals surface area contributed by atoms with Gasteiger partial charge >= 0.3 is 0 Å². The molecule has 0 aliphatic rings. The van der Waals surface area contributed by atoms with E-state index in [-0.39, 0.29) is 23.0 Å². The molecule has 0 heterocycles. The second-order valence-electron chi connectivity index (χ2n) is 13.5. The van der Waals surface area contributed by atoms with Crippen LogP contribution in [0.25, 0.3) is 0 Å². The Morgan fingerprint density at radius 1 is 0.372 bits per heavy atom. The number of rotatable bonds is 35. The quantitative estimate of drug-likeness (QED) is 0.0690. The molecule has 0 saturated carbocycles. The fourth-order valence-corrected chi connectivity index (χ4v) is 9.72. The number of aliphatic hydroxyl groups excluding tert-OH is 1. The van der Waals surface area contributed by atoms with Gasteiger partial charge in [0.25, 0.3) is 0 Å². The summed E-state index contributed by atoms with van der Waals surface area (Å²) < 4.78 is 50.4. The van der Waals surface area contributed by atoms with E-state index in [1.54, 1.807) is 0 Å². The molecule has 0 rings (SSSR count). The molecule has 0 atom stereocenters. The van der Waals surface area contributed by atoms with Crippen LogP contribution >= 0.6 is 0 Å². The SMILES string of the molecule is CCCCCCCCCCCCCCCCS(=O)(=O)CC(CO)CS(=O)(=O)CCCCCCCCCCCCCCCC. The highest BCUT2D eigenvalue weighted by atomic mass is 32.2. The van der Waals surface area contributed by atoms with E-state index in [9.17, 15) is 21.9 Å². The molecule has 0 saturated heterocycles. The van der Waals surface area contributed by atoms with Gasteiger partial charge in [-0.25, -0.2) is 16.8 Å². The van der Waals surface area contributed by atoms with Gasteiger partial charge in [-0.3, -0.25) is 0 Å². The monoisotopic (exact) mass is 650 g/mol. The topological polar surface area (TPSA) is 88.5 Å². The molecule has 0 amide bonds. The second kappa shape index (κ2) is 30.5. The lowest BCUT2D eigenvalue weighted by molar-refractivity contribution is 0.250. The average Bonchev–Trinajstić information content (AvgIpc) is 2.96. The third-order valence-electron chi connectivity index (χ3n) is 8.86. The van der Waals surface area contributed by atoms with Crippen LogP contribution in [0.4, 0.5) is 0 Å². The summed E-state index contributed by atoms with van der Waals surface area (Å²) in [7, 11) is -6.71. The standard InChI is InChI=1S/C36H74O5S2/c1-3-5-7-9-11-13-15-17-19-21-23-25-27-29-31-42(38,39)34-36(33-37)35-43(40,41)32-30-28-26-24-22-20-18-16-14-12-10-8-6-4-2/h36-37H,3-35H2,1-2H3. The van der Waals surface area contributed by atoms with E-state index in [0.29, 0.717) is 12.8 Å². The molecule has 0 unspecified atom stereocenters. The molecule has 0 aromatic carbocycles. The van der Waals surface area contributed by atoms with Crippen LogP contribution in [0.1, 0.15) is 194 Å². The molecule has 0 aromatic rings. The van der Waals surface area contributed by atoms with E-state index < -0.39 is 32.2 Å². The fraction of sp³-hybridized carbons (Fsp3) is 1.00. The number of aliphatic hydroxyl groups is 1. The van der Waals surface area contributed by atoms with E-state index in [1.165, 1.54) is 128 Å². The summed E-state index contributed by atoms with van der Waals surface area (Å²) in [4.78, 5) is 0. The summed E-state index contributed by atoms with van der Waals surface area (Å²) in [6.07, 6.45) is 34.1. The molecule has 0 aliphatic heterocycles. The van der Waals surface area contributed by atoms with Gasteiger partial charge in [-0.15, -0.1) is 0 Å². The Kier molecular flexibility index (Phi) is 30.4. The van der Waals surface area contributed by atoms with Crippen LogP contribution in [0.2, 0.25) is 0 Å². The molecule has 43 heavy (non-hydrogen) atoms. The van der Waals surface area contributed by atoms with Gasteiger partial charge in [-0.2, -0.15) is 0 Å². The Hall–Kier alpha value is -0.140. The summed E-state index contributed by atoms with van der Waals surface area (Å²) in [5.74, 6) is -0.964. The van der Waals surface area contributed by atoms with Gasteiger partial charge in [0.2, 0.25) is 0 Å². The van der Waals surface area contributed by atoms with E-state index >= 15 is 0 Å². The highest BCUT2D eigenvalue weighted by molar-refractivity contribution is 7.92. The minimum Gasteiger partial charge on any atom is -0.396 e. The van der Waals surface area contributed by atoms with Crippen molar-refractivity contribution < 1.29 is 21.9 Å². The Labute approximate surface area is 270 Å². The number of hydrogen-bond acceptors (Lipinski definition) is 5. The lowest BCUT2D eigenvalue weighted by atomic mass is 10.0. The predicted octanol–water partition coefficient (Wildman–Crippen LogP) is 10.4. The first kappa shape index (κ1) is 42.9. The molecular formula is C36H74O5S2. The molecule has 7 heteroatoms. The number of sulfone groups is 2. The van der Waals surface area contributed by atoms with Crippen LogP contribution in [0, 0.1) is 5.92 Å². The zero-order valence-electron chi connectivity index (χ0n) is 28.8. The van der Waals surface area contributed by atoms with Crippen LogP contribution in [0.3, 0.4) is 0 Å². The highest BCUT2D eigenvalue weighted by Crippen LogP contribution is 2.16. The normalized spacial score (nSPS) is 12.5. The molecular weight excluding hydrogens is 577 g/mol. The summed E-state index contributed by atoms with van der Waals surface area (Å²) in [6, 6.07) is 0. The van der Waals surface area contributed by atoms with Crippen molar-refractivity contribution in [2.75, 3.05) is 29.6 Å². The maximum absolute atomic E-state index is 12.6. The molecule has 1 N–H and O–H groups in total. The molecule has 0 bridgehead atoms. The third-order valence-corrected chi connectivity index (χ3v) is 12.6. The Morgan fingerprint density at radius 3 is 0.791 bits per heavy atom. The van der Waals surface area contributed by atoms with Crippen molar-refractivity contribution in [1.82, 2.24) is 0 Å². The Balaban J connectivity index is 3.81. The van der Waals surface area contributed by atoms with Crippen LogP contribution in [-0.4, -0.2) is 51.6 Å². The van der Waals surface area contributed by atoms with Crippen LogP contribution in [0.5, 0.6) is 0 Å². The molecule has 0 fully saturated rings. The van der Waals surface area contributed by atoms with Gasteiger partial charge in [-0.05, 0) is 12.8 Å². The van der Waals surface area contributed by atoms with Gasteiger partial charge in [-0.1, -0.05) is 181 Å². The largest absolute Gasteiger partial charge is 0.396 e. The van der Waals surface area contributed by atoms with E-state index in [0.717, 1.165) is 38.5 Å². The molecule has 0 aromatic heterocycles. The van der Waals surface area contributed by atoms with Gasteiger partial charge < -0.3 is 5.11 Å². The lowest BCUT2D eigenvalue weighted by Crippen LogP contribution is -2.29. The third kappa shape index (κ3) is 31.6. The smallest absolute Gasteiger partial charge is 0.150 e. The summed E-state index contributed by atoms with van der Waals surface area (Å²) >= 11 is 0. The number of unbranched alkanes of at least 4 members (excludes halogenated alkanes) is 26. The summed E-state index contributed by atoms with van der Waals surface area (Å²) in [5.41, 5.74) is 0. The van der Waals surface area contributed by atoms with Crippen molar-refractivity contribution in [1.29, 1.82) is 0 Å². The molecule has 0 spiro atoms. The summed E-state index contributed by atoms with van der Waals surface area (Å²) in [5, 5.41) is 9.71. The summed E-state index contributed by atoms with van der Waals surface area (Å²) in [6.45, 7) is 4.11. The van der Waals surface area contributed by atoms with Gasteiger partial charge in [0.1, 0.15) is 0 Å². The Morgan fingerprint density at radius 2 is 0.581 bits per heavy atom. The van der Waals surface area contributed by atoms with Crippen molar-refractivity contribution in [2.45, 2.75) is 194 Å². The van der Waals surface area contributed by atoms with Gasteiger partial charge in [0.05, 0.1) is 23.0 Å². The van der Waals surface area contributed by atoms with Crippen molar-refractivity contribution in [2.24, 2.45) is 5.92 Å². The van der Waals surface area contributed by atoms with Crippen LogP contribution < -0.4 is 0 Å². The maximum atomic E-state index is 12.6. The van der Waals surface area contributed by atoms with Gasteiger partial charge in [0.15, 0.2) is 19.7 Å². The van der Waals surface area contributed by atoms with E-state index in [1.807, 2.05) is 0 Å². The van der Waals surface area contributed by atoms with Crippen molar-refractivity contribution in [3.05, 3.63) is 0 Å². The molecule has 0 radical (unpaired) electrons. The van der Waals surface area contributed by atoms with Crippen molar-refractivity contribution in [3.8, 4) is 0 Å². The predicted molar refractivity (Wildman–Crippen MR) is 189 cm³/mol. The fourth-order valence-electron chi connectivity index (χ4n) is 6.07. The van der Waals surface area contributed by atoms with Crippen molar-refractivity contribution in [3.63, 3.8) is 0 Å².